The van der Waals surface area contributed by atoms with Crippen molar-refractivity contribution in [1.29, 1.82) is 0 Å². The maximum Gasteiger partial charge on any atom is 0.0270 e. The van der Waals surface area contributed by atoms with Crippen LogP contribution in [0.5, 0.6) is 0 Å². The highest BCUT2D eigenvalue weighted by atomic mass is 14.6. The molecule has 0 bridgehead atoms. The average molecular weight is 119 g/mol. The van der Waals surface area contributed by atoms with Gasteiger partial charge in [0.2, 0.25) is 0 Å². The van der Waals surface area contributed by atoms with Crippen LogP contribution in [0.2, 0.25) is 0 Å². The molecule has 0 radical (unpaired) electrons. The minimum atomic E-state index is 1.26. The lowest BCUT2D eigenvalue weighted by atomic mass is 10.3. The first-order valence-corrected chi connectivity index (χ1v) is 2.59. The molecule has 0 fully saturated rings. The third-order valence-electron chi connectivity index (χ3n) is 0.847. The number of pyridine rings is 1. The van der Waals surface area contributed by atoms with E-state index in [4.69, 9.17) is 0 Å². The number of terminal acetylenes is 1. The Labute approximate surface area is 55.8 Å². The first-order valence-electron chi connectivity index (χ1n) is 2.59. The van der Waals surface area contributed by atoms with E-state index in [1.54, 1.807) is 12.4 Å². The molecule has 1 heterocycles. The van der Waals surface area contributed by atoms with Crippen molar-refractivity contribution < 1.29 is 0 Å². The van der Waals surface area contributed by atoms with Crippen molar-refractivity contribution in [3.8, 4) is 12.8 Å². The van der Waals surface area contributed by atoms with Crippen LogP contribution in [0.3, 0.4) is 0 Å². The van der Waals surface area contributed by atoms with E-state index in [9.17, 15) is 0 Å². The molecule has 1 aromatic heterocycles. The molecule has 0 N–H and O–H groups in total. The van der Waals surface area contributed by atoms with E-state index in [2.05, 4.69) is 17.8 Å². The van der Waals surface area contributed by atoms with E-state index in [1.165, 1.54) is 5.56 Å². The monoisotopic (exact) mass is 119 g/mol. The van der Waals surface area contributed by atoms with Gasteiger partial charge >= 0.3 is 0 Å². The van der Waals surface area contributed by atoms with Gasteiger partial charge in [-0.05, 0) is 24.6 Å². The fourth-order valence-corrected chi connectivity index (χ4v) is 0.426. The molecule has 0 aliphatic heterocycles. The molecule has 0 saturated carbocycles. The number of aromatic nitrogens is 1. The van der Waals surface area contributed by atoms with Crippen molar-refractivity contribution in [1.82, 2.24) is 4.98 Å². The van der Waals surface area contributed by atoms with Gasteiger partial charge in [0.15, 0.2) is 0 Å². The molecule has 1 heteroatoms. The highest BCUT2D eigenvalue weighted by Crippen LogP contribution is 1.88. The van der Waals surface area contributed by atoms with Gasteiger partial charge < -0.3 is 0 Å². The Bertz CT molecular complexity index is 164. The van der Waals surface area contributed by atoms with E-state index >= 15 is 0 Å². The summed E-state index contributed by atoms with van der Waals surface area (Å²) < 4.78 is 0. The quantitative estimate of drug-likeness (QED) is 0.473. The summed E-state index contributed by atoms with van der Waals surface area (Å²) >= 11 is 0. The Morgan fingerprint density at radius 3 is 1.89 bits per heavy atom. The maximum atomic E-state index is 4.00. The molecule has 1 rings (SSSR count). The summed E-state index contributed by atoms with van der Waals surface area (Å²) in [6.45, 7) is 2.04. The van der Waals surface area contributed by atoms with Crippen molar-refractivity contribution in [2.45, 2.75) is 6.92 Å². The van der Waals surface area contributed by atoms with Gasteiger partial charge in [0.1, 0.15) is 0 Å². The van der Waals surface area contributed by atoms with E-state index in [0.29, 0.717) is 0 Å². The minimum Gasteiger partial charge on any atom is -0.265 e. The molecule has 0 unspecified atom stereocenters. The molecule has 9 heavy (non-hydrogen) atoms. The molecule has 0 spiro atoms. The zero-order chi connectivity index (χ0) is 7.11. The highest BCUT2D eigenvalue weighted by molar-refractivity contribution is 5.05. The Balaban J connectivity index is 0.000000291. The van der Waals surface area contributed by atoms with Gasteiger partial charge in [0.25, 0.3) is 0 Å². The third kappa shape index (κ3) is 3.31. The predicted molar refractivity (Wildman–Crippen MR) is 38.9 cm³/mol. The summed E-state index contributed by atoms with van der Waals surface area (Å²) in [7, 11) is 0. The van der Waals surface area contributed by atoms with E-state index in [-0.39, 0.29) is 0 Å². The van der Waals surface area contributed by atoms with Crippen molar-refractivity contribution in [3.63, 3.8) is 0 Å². The first kappa shape index (κ1) is 7.71. The molecule has 0 aliphatic rings. The van der Waals surface area contributed by atoms with E-state index in [1.807, 2.05) is 19.1 Å². The first-order chi connectivity index (χ1) is 4.39. The van der Waals surface area contributed by atoms with Crippen LogP contribution in [0.15, 0.2) is 24.5 Å². The van der Waals surface area contributed by atoms with Crippen molar-refractivity contribution >= 4 is 0 Å². The van der Waals surface area contributed by atoms with Crippen LogP contribution >= 0.6 is 0 Å². The normalized spacial score (nSPS) is 7.00. The lowest BCUT2D eigenvalue weighted by molar-refractivity contribution is 1.29. The fourth-order valence-electron chi connectivity index (χ4n) is 0.426. The molecule has 1 aromatic rings. The summed E-state index contributed by atoms with van der Waals surface area (Å²) in [6.07, 6.45) is 11.6. The van der Waals surface area contributed by atoms with Crippen LogP contribution in [0.1, 0.15) is 5.56 Å². The summed E-state index contributed by atoms with van der Waals surface area (Å²) in [5, 5.41) is 0. The lowest BCUT2D eigenvalue weighted by Gasteiger charge is -1.82. The van der Waals surface area contributed by atoms with Crippen molar-refractivity contribution in [2.75, 3.05) is 0 Å². The van der Waals surface area contributed by atoms with Gasteiger partial charge in [-0.1, -0.05) is 0 Å². The van der Waals surface area contributed by atoms with Crippen LogP contribution in [0.25, 0.3) is 0 Å². The van der Waals surface area contributed by atoms with Crippen molar-refractivity contribution in [3.05, 3.63) is 30.1 Å². The number of aryl methyl sites for hydroxylation is 1. The smallest absolute Gasteiger partial charge is 0.0270 e. The number of rotatable bonds is 0. The van der Waals surface area contributed by atoms with Gasteiger partial charge in [-0.3, -0.25) is 4.98 Å². The molecule has 0 amide bonds. The summed E-state index contributed by atoms with van der Waals surface area (Å²) in [5.74, 6) is 0. The zero-order valence-corrected chi connectivity index (χ0v) is 5.41. The average Bonchev–Trinajstić information content (AvgIpc) is 1.94. The van der Waals surface area contributed by atoms with Gasteiger partial charge in [0, 0.05) is 12.4 Å². The third-order valence-corrected chi connectivity index (χ3v) is 0.847. The van der Waals surface area contributed by atoms with Gasteiger partial charge in [-0.2, -0.15) is 0 Å². The fraction of sp³-hybridized carbons (Fsp3) is 0.125. The van der Waals surface area contributed by atoms with Crippen LogP contribution in [0, 0.1) is 19.8 Å². The molecule has 0 atom stereocenters. The SMILES string of the molecule is C#C.Cc1ccncc1. The number of nitrogens with zero attached hydrogens (tertiary/aromatic N) is 1. The van der Waals surface area contributed by atoms with Crippen LogP contribution < -0.4 is 0 Å². The Hall–Kier alpha value is -1.29. The second kappa shape index (κ2) is 4.86. The molecule has 0 saturated heterocycles. The van der Waals surface area contributed by atoms with Crippen LogP contribution in [-0.2, 0) is 0 Å². The molecule has 0 aromatic carbocycles. The van der Waals surface area contributed by atoms with E-state index < -0.39 is 0 Å². The Morgan fingerprint density at radius 2 is 1.67 bits per heavy atom. The van der Waals surface area contributed by atoms with Gasteiger partial charge in [-0.25, -0.2) is 0 Å². The zero-order valence-electron chi connectivity index (χ0n) is 5.41. The Morgan fingerprint density at radius 1 is 1.22 bits per heavy atom. The summed E-state index contributed by atoms with van der Waals surface area (Å²) in [5.41, 5.74) is 1.26. The minimum absolute atomic E-state index is 1.26. The predicted octanol–water partition coefficient (Wildman–Crippen LogP) is 1.64. The largest absolute Gasteiger partial charge is 0.265 e. The number of hydrogen-bond acceptors (Lipinski definition) is 1. The molecule has 46 valence electrons. The molecule has 0 aliphatic carbocycles. The standard InChI is InChI=1S/C6H7N.C2H2/c1-6-2-4-7-5-3-6;1-2/h2-5H,1H3;1-2H. The topological polar surface area (TPSA) is 12.9 Å². The Kier molecular flexibility index (Phi) is 4.16. The molecule has 1 nitrogen and oxygen atoms in total. The highest BCUT2D eigenvalue weighted by Gasteiger charge is 1.72. The lowest BCUT2D eigenvalue weighted by Crippen LogP contribution is -1.68. The van der Waals surface area contributed by atoms with Crippen LogP contribution in [-0.4, -0.2) is 4.98 Å². The van der Waals surface area contributed by atoms with Gasteiger partial charge in [0.05, 0.1) is 0 Å². The maximum absolute atomic E-state index is 4.00. The van der Waals surface area contributed by atoms with Gasteiger partial charge in [-0.15, -0.1) is 12.8 Å². The number of hydrogen-bond donors (Lipinski definition) is 0. The van der Waals surface area contributed by atoms with Crippen LogP contribution in [0.4, 0.5) is 0 Å². The molecular weight excluding hydrogens is 110 g/mol. The van der Waals surface area contributed by atoms with Crippen molar-refractivity contribution in [2.24, 2.45) is 0 Å². The summed E-state index contributed by atoms with van der Waals surface area (Å²) in [6, 6.07) is 3.94. The second-order valence-corrected chi connectivity index (χ2v) is 1.52. The van der Waals surface area contributed by atoms with E-state index in [0.717, 1.165) is 0 Å². The molecular formula is C8H9N. The summed E-state index contributed by atoms with van der Waals surface area (Å²) in [4.78, 5) is 3.85. The second-order valence-electron chi connectivity index (χ2n) is 1.52.